The van der Waals surface area contributed by atoms with Crippen molar-refractivity contribution in [3.63, 3.8) is 0 Å². The first-order valence-electron chi connectivity index (χ1n) is 5.77. The Morgan fingerprint density at radius 1 is 1.29 bits per heavy atom. The van der Waals surface area contributed by atoms with Crippen LogP contribution in [0.15, 0.2) is 30.5 Å². The van der Waals surface area contributed by atoms with Crippen LogP contribution < -0.4 is 4.74 Å². The van der Waals surface area contributed by atoms with Crippen LogP contribution in [0.5, 0.6) is 5.75 Å². The number of benzene rings is 1. The highest BCUT2D eigenvalue weighted by atomic mass is 16.6. The van der Waals surface area contributed by atoms with Gasteiger partial charge in [0.05, 0.1) is 11.5 Å². The maximum absolute atomic E-state index is 10.1. The summed E-state index contributed by atoms with van der Waals surface area (Å²) in [6, 6.07) is 7.25. The van der Waals surface area contributed by atoms with Crippen molar-refractivity contribution in [3.05, 3.63) is 46.1 Å². The SMILES string of the molecule is CCCCCOc1ccc(C=C[N+](=O)[O-])cc1. The molecule has 0 aliphatic rings. The van der Waals surface area contributed by atoms with E-state index in [1.165, 1.54) is 18.9 Å². The van der Waals surface area contributed by atoms with Gasteiger partial charge in [0.1, 0.15) is 5.75 Å². The molecular formula is C13H17NO3. The molecule has 0 aliphatic heterocycles. The van der Waals surface area contributed by atoms with Crippen LogP contribution in [0.3, 0.4) is 0 Å². The summed E-state index contributed by atoms with van der Waals surface area (Å²) in [6.45, 7) is 2.87. The monoisotopic (exact) mass is 235 g/mol. The fourth-order valence-electron chi connectivity index (χ4n) is 1.36. The van der Waals surface area contributed by atoms with Gasteiger partial charge in [0.2, 0.25) is 6.20 Å². The lowest BCUT2D eigenvalue weighted by atomic mass is 10.2. The van der Waals surface area contributed by atoms with Gasteiger partial charge in [-0.15, -0.1) is 0 Å². The highest BCUT2D eigenvalue weighted by Gasteiger charge is 1.94. The first kappa shape index (κ1) is 13.2. The molecule has 0 aromatic heterocycles. The van der Waals surface area contributed by atoms with Crippen molar-refractivity contribution in [2.24, 2.45) is 0 Å². The number of hydrogen-bond acceptors (Lipinski definition) is 3. The second kappa shape index (κ2) is 7.44. The van der Waals surface area contributed by atoms with E-state index < -0.39 is 4.92 Å². The molecule has 1 aromatic carbocycles. The molecule has 0 amide bonds. The van der Waals surface area contributed by atoms with Crippen LogP contribution in [0.4, 0.5) is 0 Å². The number of hydrogen-bond donors (Lipinski definition) is 0. The predicted octanol–water partition coefficient (Wildman–Crippen LogP) is 3.50. The summed E-state index contributed by atoms with van der Waals surface area (Å²) in [7, 11) is 0. The Bertz CT molecular complexity index is 371. The van der Waals surface area contributed by atoms with Gasteiger partial charge in [-0.2, -0.15) is 0 Å². The van der Waals surface area contributed by atoms with Crippen molar-refractivity contribution in [3.8, 4) is 5.75 Å². The molecule has 0 spiro atoms. The molecule has 17 heavy (non-hydrogen) atoms. The van der Waals surface area contributed by atoms with Gasteiger partial charge in [0.25, 0.3) is 0 Å². The molecular weight excluding hydrogens is 218 g/mol. The van der Waals surface area contributed by atoms with Crippen molar-refractivity contribution < 1.29 is 9.66 Å². The van der Waals surface area contributed by atoms with Crippen LogP contribution in [0.25, 0.3) is 6.08 Å². The van der Waals surface area contributed by atoms with Gasteiger partial charge in [-0.25, -0.2) is 0 Å². The summed E-state index contributed by atoms with van der Waals surface area (Å²) in [5.41, 5.74) is 0.794. The fraction of sp³-hybridized carbons (Fsp3) is 0.385. The summed E-state index contributed by atoms with van der Waals surface area (Å²) >= 11 is 0. The molecule has 0 aliphatic carbocycles. The Labute approximate surface area is 101 Å². The summed E-state index contributed by atoms with van der Waals surface area (Å²) < 4.78 is 5.53. The van der Waals surface area contributed by atoms with E-state index in [1.807, 2.05) is 12.1 Å². The van der Waals surface area contributed by atoms with Crippen LogP contribution in [0, 0.1) is 10.1 Å². The summed E-state index contributed by atoms with van der Waals surface area (Å²) in [4.78, 5) is 9.66. The van der Waals surface area contributed by atoms with Gasteiger partial charge in [0, 0.05) is 6.08 Å². The summed E-state index contributed by atoms with van der Waals surface area (Å²) in [5, 5.41) is 10.1. The average molecular weight is 235 g/mol. The summed E-state index contributed by atoms with van der Waals surface area (Å²) in [6.07, 6.45) is 5.79. The Kier molecular flexibility index (Phi) is 5.79. The molecule has 0 fully saturated rings. The molecule has 4 nitrogen and oxygen atoms in total. The predicted molar refractivity (Wildman–Crippen MR) is 67.5 cm³/mol. The third kappa shape index (κ3) is 5.70. The quantitative estimate of drug-likeness (QED) is 0.413. The van der Waals surface area contributed by atoms with Crippen molar-refractivity contribution >= 4 is 6.08 Å². The van der Waals surface area contributed by atoms with E-state index in [1.54, 1.807) is 12.1 Å². The van der Waals surface area contributed by atoms with E-state index in [0.29, 0.717) is 0 Å². The Balaban J connectivity index is 2.42. The largest absolute Gasteiger partial charge is 0.494 e. The van der Waals surface area contributed by atoms with E-state index >= 15 is 0 Å². The molecule has 0 unspecified atom stereocenters. The zero-order valence-electron chi connectivity index (χ0n) is 9.96. The molecule has 0 N–H and O–H groups in total. The van der Waals surface area contributed by atoms with Gasteiger partial charge in [0.15, 0.2) is 0 Å². The zero-order valence-corrected chi connectivity index (χ0v) is 9.96. The van der Waals surface area contributed by atoms with E-state index in [0.717, 1.165) is 30.5 Å². The Morgan fingerprint density at radius 3 is 2.59 bits per heavy atom. The minimum Gasteiger partial charge on any atom is -0.494 e. The molecule has 0 heterocycles. The number of nitrogens with zero attached hydrogens (tertiary/aromatic N) is 1. The average Bonchev–Trinajstić information content (AvgIpc) is 2.33. The topological polar surface area (TPSA) is 52.4 Å². The molecule has 4 heteroatoms. The van der Waals surface area contributed by atoms with Gasteiger partial charge < -0.3 is 4.74 Å². The number of nitro groups is 1. The normalized spacial score (nSPS) is 10.6. The Hall–Kier alpha value is -1.84. The van der Waals surface area contributed by atoms with Crippen molar-refractivity contribution in [1.82, 2.24) is 0 Å². The minimum absolute atomic E-state index is 0.477. The highest BCUT2D eigenvalue weighted by Crippen LogP contribution is 2.13. The van der Waals surface area contributed by atoms with Crippen LogP contribution >= 0.6 is 0 Å². The number of unbranched alkanes of at least 4 members (excludes halogenated alkanes) is 2. The van der Waals surface area contributed by atoms with Crippen LogP contribution in [-0.2, 0) is 0 Å². The van der Waals surface area contributed by atoms with Gasteiger partial charge >= 0.3 is 0 Å². The highest BCUT2D eigenvalue weighted by molar-refractivity contribution is 5.49. The molecule has 0 radical (unpaired) electrons. The second-order valence-electron chi connectivity index (χ2n) is 3.73. The Morgan fingerprint density at radius 2 is 2.00 bits per heavy atom. The van der Waals surface area contributed by atoms with E-state index in [-0.39, 0.29) is 0 Å². The van der Waals surface area contributed by atoms with E-state index in [2.05, 4.69) is 6.92 Å². The zero-order chi connectivity index (χ0) is 12.5. The third-order valence-electron chi connectivity index (χ3n) is 2.29. The molecule has 1 rings (SSSR count). The van der Waals surface area contributed by atoms with E-state index in [9.17, 15) is 10.1 Å². The smallest absolute Gasteiger partial charge is 0.235 e. The molecule has 0 bridgehead atoms. The van der Waals surface area contributed by atoms with Crippen molar-refractivity contribution in [2.45, 2.75) is 26.2 Å². The van der Waals surface area contributed by atoms with Gasteiger partial charge in [-0.05, 0) is 24.1 Å². The second-order valence-corrected chi connectivity index (χ2v) is 3.73. The number of rotatable bonds is 7. The molecule has 0 atom stereocenters. The maximum atomic E-state index is 10.1. The number of ether oxygens (including phenoxy) is 1. The lowest BCUT2D eigenvalue weighted by Gasteiger charge is -2.05. The van der Waals surface area contributed by atoms with Crippen LogP contribution in [0.1, 0.15) is 31.7 Å². The van der Waals surface area contributed by atoms with Crippen molar-refractivity contribution in [2.75, 3.05) is 6.61 Å². The molecule has 1 aromatic rings. The fourth-order valence-corrected chi connectivity index (χ4v) is 1.36. The summed E-state index contributed by atoms with van der Waals surface area (Å²) in [5.74, 6) is 0.805. The lowest BCUT2D eigenvalue weighted by Crippen LogP contribution is -1.96. The molecule has 0 saturated carbocycles. The van der Waals surface area contributed by atoms with Gasteiger partial charge in [-0.1, -0.05) is 31.9 Å². The maximum Gasteiger partial charge on any atom is 0.235 e. The van der Waals surface area contributed by atoms with E-state index in [4.69, 9.17) is 4.74 Å². The lowest BCUT2D eigenvalue weighted by molar-refractivity contribution is -0.400. The minimum atomic E-state index is -0.477. The molecule has 92 valence electrons. The first-order chi connectivity index (χ1) is 8.22. The molecule has 0 saturated heterocycles. The van der Waals surface area contributed by atoms with Crippen LogP contribution in [-0.4, -0.2) is 11.5 Å². The third-order valence-corrected chi connectivity index (χ3v) is 2.29. The van der Waals surface area contributed by atoms with Crippen LogP contribution in [0.2, 0.25) is 0 Å². The first-order valence-corrected chi connectivity index (χ1v) is 5.77. The standard InChI is InChI=1S/C13H17NO3/c1-2-3-4-11-17-13-7-5-12(6-8-13)9-10-14(15)16/h5-10H,2-4,11H2,1H3. The van der Waals surface area contributed by atoms with Gasteiger partial charge in [-0.3, -0.25) is 10.1 Å². The van der Waals surface area contributed by atoms with Crippen molar-refractivity contribution in [1.29, 1.82) is 0 Å².